The second-order valence-electron chi connectivity index (χ2n) is 7.90. The maximum absolute atomic E-state index is 13.3. The Morgan fingerprint density at radius 2 is 1.39 bits per heavy atom. The SMILES string of the molecule is O=C(NCc1cccc(O)c1)c1cc(Cl)c(C(=O)N[C@@H](CNC(=O)c2cc(F)cc(F)c2)C(=O)O)c(Cl)c1. The summed E-state index contributed by atoms with van der Waals surface area (Å²) >= 11 is 12.3. The minimum atomic E-state index is -1.66. The Morgan fingerprint density at radius 3 is 1.97 bits per heavy atom. The molecule has 0 saturated carbocycles. The van der Waals surface area contributed by atoms with Crippen LogP contribution in [0.15, 0.2) is 54.6 Å². The van der Waals surface area contributed by atoms with Gasteiger partial charge < -0.3 is 26.2 Å². The molecule has 0 unspecified atom stereocenters. The number of amides is 3. The summed E-state index contributed by atoms with van der Waals surface area (Å²) in [5.41, 5.74) is -0.0633. The zero-order valence-electron chi connectivity index (χ0n) is 19.2. The van der Waals surface area contributed by atoms with E-state index in [9.17, 15) is 38.2 Å². The van der Waals surface area contributed by atoms with E-state index in [1.807, 2.05) is 0 Å². The molecule has 0 aliphatic heterocycles. The summed E-state index contributed by atoms with van der Waals surface area (Å²) < 4.78 is 26.7. The zero-order chi connectivity index (χ0) is 28.0. The average Bonchev–Trinajstić information content (AvgIpc) is 2.83. The van der Waals surface area contributed by atoms with Crippen molar-refractivity contribution >= 4 is 46.9 Å². The highest BCUT2D eigenvalue weighted by atomic mass is 35.5. The van der Waals surface area contributed by atoms with Crippen molar-refractivity contribution in [2.24, 2.45) is 0 Å². The van der Waals surface area contributed by atoms with Crippen LogP contribution >= 0.6 is 23.2 Å². The second kappa shape index (κ2) is 12.3. The number of hydrogen-bond donors (Lipinski definition) is 5. The molecule has 3 amide bonds. The highest BCUT2D eigenvalue weighted by Crippen LogP contribution is 2.27. The van der Waals surface area contributed by atoms with Crippen LogP contribution in [-0.2, 0) is 11.3 Å². The first-order valence-electron chi connectivity index (χ1n) is 10.8. The fourth-order valence-corrected chi connectivity index (χ4v) is 3.94. The van der Waals surface area contributed by atoms with Gasteiger partial charge in [0.2, 0.25) is 0 Å². The second-order valence-corrected chi connectivity index (χ2v) is 8.71. The molecule has 3 aromatic carbocycles. The summed E-state index contributed by atoms with van der Waals surface area (Å²) in [6, 6.07) is 8.97. The van der Waals surface area contributed by atoms with E-state index in [0.717, 1.165) is 24.3 Å². The summed E-state index contributed by atoms with van der Waals surface area (Å²) in [5.74, 6) is -6.06. The Morgan fingerprint density at radius 1 is 0.816 bits per heavy atom. The molecule has 5 N–H and O–H groups in total. The summed E-state index contributed by atoms with van der Waals surface area (Å²) in [4.78, 5) is 49.0. The third kappa shape index (κ3) is 7.40. The van der Waals surface area contributed by atoms with Crippen molar-refractivity contribution in [3.63, 3.8) is 0 Å². The van der Waals surface area contributed by atoms with Crippen LogP contribution in [0.25, 0.3) is 0 Å². The number of halogens is 4. The molecule has 1 atom stereocenters. The van der Waals surface area contributed by atoms with E-state index in [1.165, 1.54) is 12.1 Å². The highest BCUT2D eigenvalue weighted by molar-refractivity contribution is 6.40. The lowest BCUT2D eigenvalue weighted by Gasteiger charge is -2.17. The standard InChI is InChI=1S/C25H19Cl2F2N3O6/c26-18-7-14(23(35)30-10-12-2-1-3-17(33)4-12)8-19(27)21(18)24(36)32-20(25(37)38)11-31-22(34)13-5-15(28)9-16(29)6-13/h1-9,20,33H,10-11H2,(H,30,35)(H,31,34)(H,32,36)(H,37,38)/t20-/m0/s1. The smallest absolute Gasteiger partial charge is 0.328 e. The van der Waals surface area contributed by atoms with E-state index >= 15 is 0 Å². The molecule has 3 rings (SSSR count). The molecule has 0 radical (unpaired) electrons. The third-order valence-corrected chi connectivity index (χ3v) is 5.69. The predicted molar refractivity (Wildman–Crippen MR) is 133 cm³/mol. The summed E-state index contributed by atoms with van der Waals surface area (Å²) in [7, 11) is 0. The molecule has 0 aliphatic carbocycles. The van der Waals surface area contributed by atoms with Gasteiger partial charge in [0.25, 0.3) is 17.7 Å². The van der Waals surface area contributed by atoms with Gasteiger partial charge in [0.15, 0.2) is 0 Å². The largest absolute Gasteiger partial charge is 0.508 e. The molecular formula is C25H19Cl2F2N3O6. The molecule has 13 heteroatoms. The Labute approximate surface area is 224 Å². The molecule has 0 aliphatic rings. The van der Waals surface area contributed by atoms with E-state index in [1.54, 1.807) is 12.1 Å². The van der Waals surface area contributed by atoms with Crippen LogP contribution in [-0.4, -0.2) is 46.5 Å². The van der Waals surface area contributed by atoms with Crippen LogP contribution < -0.4 is 16.0 Å². The van der Waals surface area contributed by atoms with Gasteiger partial charge in [0.1, 0.15) is 23.4 Å². The number of hydrogen-bond acceptors (Lipinski definition) is 5. The van der Waals surface area contributed by atoms with Gasteiger partial charge in [-0.05, 0) is 42.0 Å². The molecule has 0 saturated heterocycles. The highest BCUT2D eigenvalue weighted by Gasteiger charge is 2.25. The number of carboxylic acid groups (broad SMARTS) is 1. The number of rotatable bonds is 9. The van der Waals surface area contributed by atoms with E-state index in [2.05, 4.69) is 16.0 Å². The zero-order valence-corrected chi connectivity index (χ0v) is 20.7. The van der Waals surface area contributed by atoms with Crippen molar-refractivity contribution < 1.29 is 38.2 Å². The summed E-state index contributed by atoms with van der Waals surface area (Å²) in [6.45, 7) is -0.554. The lowest BCUT2D eigenvalue weighted by atomic mass is 10.1. The molecule has 0 aromatic heterocycles. The number of benzene rings is 3. The number of phenolic OH excluding ortho intramolecular Hbond substituents is 1. The van der Waals surface area contributed by atoms with Gasteiger partial charge in [-0.3, -0.25) is 14.4 Å². The topological polar surface area (TPSA) is 145 Å². The molecule has 0 fully saturated rings. The molecule has 9 nitrogen and oxygen atoms in total. The first-order chi connectivity index (χ1) is 17.9. The van der Waals surface area contributed by atoms with Crippen LogP contribution in [0.4, 0.5) is 8.78 Å². The molecule has 0 heterocycles. The van der Waals surface area contributed by atoms with Gasteiger partial charge >= 0.3 is 5.97 Å². The fraction of sp³-hybridized carbons (Fsp3) is 0.120. The monoisotopic (exact) mass is 565 g/mol. The third-order valence-electron chi connectivity index (χ3n) is 5.09. The van der Waals surface area contributed by atoms with Crippen molar-refractivity contribution in [2.75, 3.05) is 6.54 Å². The number of carboxylic acids is 1. The van der Waals surface area contributed by atoms with Crippen molar-refractivity contribution in [1.29, 1.82) is 0 Å². The van der Waals surface area contributed by atoms with Gasteiger partial charge in [-0.25, -0.2) is 13.6 Å². The van der Waals surface area contributed by atoms with Crippen LogP contribution in [0, 0.1) is 11.6 Å². The van der Waals surface area contributed by atoms with E-state index < -0.39 is 47.9 Å². The quantitative estimate of drug-likeness (QED) is 0.268. The lowest BCUT2D eigenvalue weighted by Crippen LogP contribution is -2.48. The normalized spacial score (nSPS) is 11.4. The molecule has 198 valence electrons. The van der Waals surface area contributed by atoms with Gasteiger partial charge in [-0.2, -0.15) is 0 Å². The maximum atomic E-state index is 13.3. The van der Waals surface area contributed by atoms with Crippen LogP contribution in [0.1, 0.15) is 36.6 Å². The summed E-state index contributed by atoms with van der Waals surface area (Å²) in [5, 5.41) is 25.4. The Bertz CT molecular complexity index is 1380. The minimum Gasteiger partial charge on any atom is -0.508 e. The molecule has 0 spiro atoms. The molecule has 3 aromatic rings. The van der Waals surface area contributed by atoms with Crippen LogP contribution in [0.2, 0.25) is 10.0 Å². The average molecular weight is 566 g/mol. The number of nitrogens with one attached hydrogen (secondary N) is 3. The minimum absolute atomic E-state index is 0.0149. The van der Waals surface area contributed by atoms with Gasteiger partial charge in [-0.15, -0.1) is 0 Å². The predicted octanol–water partition coefficient (Wildman–Crippen LogP) is 3.52. The van der Waals surface area contributed by atoms with Crippen LogP contribution in [0.5, 0.6) is 5.75 Å². The van der Waals surface area contributed by atoms with Gasteiger partial charge in [0.05, 0.1) is 15.6 Å². The summed E-state index contributed by atoms with van der Waals surface area (Å²) in [6.07, 6.45) is 0. The maximum Gasteiger partial charge on any atom is 0.328 e. The van der Waals surface area contributed by atoms with Crippen molar-refractivity contribution in [2.45, 2.75) is 12.6 Å². The number of carbonyl (C=O) groups excluding carboxylic acids is 3. The Kier molecular flexibility index (Phi) is 9.21. The molecular weight excluding hydrogens is 547 g/mol. The number of phenols is 1. The van der Waals surface area contributed by atoms with Crippen molar-refractivity contribution in [1.82, 2.24) is 16.0 Å². The molecule has 0 bridgehead atoms. The van der Waals surface area contributed by atoms with E-state index in [4.69, 9.17) is 23.2 Å². The lowest BCUT2D eigenvalue weighted by molar-refractivity contribution is -0.139. The van der Waals surface area contributed by atoms with E-state index in [0.29, 0.717) is 11.6 Å². The molecule has 38 heavy (non-hydrogen) atoms. The number of aromatic hydroxyl groups is 1. The van der Waals surface area contributed by atoms with E-state index in [-0.39, 0.29) is 39.0 Å². The van der Waals surface area contributed by atoms with Crippen molar-refractivity contribution in [3.05, 3.63) is 98.5 Å². The van der Waals surface area contributed by atoms with Gasteiger partial charge in [0, 0.05) is 30.3 Å². The van der Waals surface area contributed by atoms with Gasteiger partial charge in [-0.1, -0.05) is 35.3 Å². The number of carbonyl (C=O) groups is 4. The van der Waals surface area contributed by atoms with Crippen LogP contribution in [0.3, 0.4) is 0 Å². The van der Waals surface area contributed by atoms with Crippen molar-refractivity contribution in [3.8, 4) is 5.75 Å². The first-order valence-corrected chi connectivity index (χ1v) is 11.5. The fourth-order valence-electron chi connectivity index (χ4n) is 3.28. The Balaban J connectivity index is 1.67. The number of aliphatic carboxylic acids is 1. The Hall–Kier alpha value is -4.22. The first kappa shape index (κ1) is 28.4.